The van der Waals surface area contributed by atoms with Gasteiger partial charge in [-0.15, -0.1) is 0 Å². The molecule has 0 amide bonds. The summed E-state index contributed by atoms with van der Waals surface area (Å²) in [6.45, 7) is -0.949. The van der Waals surface area contributed by atoms with Crippen LogP contribution in [0.5, 0.6) is 0 Å². The zero-order chi connectivity index (χ0) is 12.0. The number of rotatable bonds is 0. The molecule has 2 rings (SSSR count). The largest absolute Gasteiger partial charge is 0.451 e. The lowest BCUT2D eigenvalue weighted by Gasteiger charge is -2.09. The number of esters is 4. The van der Waals surface area contributed by atoms with E-state index in [4.69, 9.17) is 0 Å². The Labute approximate surface area is 89.4 Å². The van der Waals surface area contributed by atoms with E-state index in [0.29, 0.717) is 0 Å². The highest BCUT2D eigenvalue weighted by Crippen LogP contribution is 1.91. The number of carbonyl (C=O) groups excluding carboxylic acids is 4. The Hall–Kier alpha value is -2.12. The van der Waals surface area contributed by atoms with Crippen LogP contribution in [0.1, 0.15) is 0 Å². The Bertz CT molecular complexity index is 232. The summed E-state index contributed by atoms with van der Waals surface area (Å²) in [4.78, 5) is 40.4. The van der Waals surface area contributed by atoms with Crippen LogP contribution in [0.25, 0.3) is 0 Å². The molecular weight excluding hydrogens is 224 g/mol. The minimum Gasteiger partial charge on any atom is -0.451 e. The van der Waals surface area contributed by atoms with Crippen LogP contribution in [0, 0.1) is 0 Å². The minimum absolute atomic E-state index is 0.237. The van der Waals surface area contributed by atoms with Crippen molar-refractivity contribution in [2.45, 2.75) is 0 Å². The van der Waals surface area contributed by atoms with E-state index in [0.717, 1.165) is 0 Å². The third-order valence-corrected chi connectivity index (χ3v) is 1.40. The van der Waals surface area contributed by atoms with Crippen molar-refractivity contribution in [2.24, 2.45) is 0 Å². The average Bonchev–Trinajstić information content (AvgIpc) is 2.28. The Balaban J connectivity index is 0.000000160. The second-order valence-electron chi connectivity index (χ2n) is 2.64. The molecule has 0 unspecified atom stereocenters. The van der Waals surface area contributed by atoms with Crippen LogP contribution >= 0.6 is 0 Å². The fourth-order valence-electron chi connectivity index (χ4n) is 0.724. The van der Waals surface area contributed by atoms with Gasteiger partial charge in [-0.2, -0.15) is 0 Å². The summed E-state index contributed by atoms with van der Waals surface area (Å²) in [5.41, 5.74) is 0. The minimum atomic E-state index is -0.482. The van der Waals surface area contributed by atoms with Crippen LogP contribution in [-0.4, -0.2) is 50.3 Å². The summed E-state index contributed by atoms with van der Waals surface area (Å²) in [7, 11) is 0. The van der Waals surface area contributed by atoms with Gasteiger partial charge >= 0.3 is 23.9 Å². The molecule has 0 aromatic heterocycles. The van der Waals surface area contributed by atoms with Gasteiger partial charge in [0.05, 0.1) is 0 Å². The molecular formula is C8H8O8. The average molecular weight is 232 g/mol. The summed E-state index contributed by atoms with van der Waals surface area (Å²) >= 11 is 0. The molecule has 0 aliphatic carbocycles. The molecule has 2 heterocycles. The predicted octanol–water partition coefficient (Wildman–Crippen LogP) is -1.83. The van der Waals surface area contributed by atoms with Gasteiger partial charge in [0.1, 0.15) is 0 Å². The Kier molecular flexibility index (Phi) is 4.25. The van der Waals surface area contributed by atoms with E-state index in [2.05, 4.69) is 18.9 Å². The first kappa shape index (κ1) is 12.0. The van der Waals surface area contributed by atoms with Gasteiger partial charge in [-0.05, 0) is 0 Å². The molecule has 0 spiro atoms. The molecule has 8 heteroatoms. The number of hydrogen-bond acceptors (Lipinski definition) is 8. The standard InChI is InChI=1S/2C4H4O4/c2*5-3-1-7-4(6)2-8-3/h2*1-2H2. The second-order valence-corrected chi connectivity index (χ2v) is 2.64. The molecule has 2 fully saturated rings. The van der Waals surface area contributed by atoms with E-state index in [1.54, 1.807) is 0 Å². The van der Waals surface area contributed by atoms with Crippen molar-refractivity contribution in [3.05, 3.63) is 0 Å². The third-order valence-electron chi connectivity index (χ3n) is 1.40. The van der Waals surface area contributed by atoms with Crippen molar-refractivity contribution in [1.29, 1.82) is 0 Å². The lowest BCUT2D eigenvalue weighted by Crippen LogP contribution is -2.27. The predicted molar refractivity (Wildman–Crippen MR) is 43.8 cm³/mol. The van der Waals surface area contributed by atoms with Gasteiger partial charge in [0.25, 0.3) is 0 Å². The van der Waals surface area contributed by atoms with E-state index >= 15 is 0 Å². The molecule has 2 aliphatic rings. The third kappa shape index (κ3) is 4.40. The number of hydrogen-bond donors (Lipinski definition) is 0. The molecule has 0 radical (unpaired) electrons. The van der Waals surface area contributed by atoms with Gasteiger partial charge in [-0.1, -0.05) is 0 Å². The first-order chi connectivity index (χ1) is 7.58. The van der Waals surface area contributed by atoms with Crippen LogP contribution in [0.2, 0.25) is 0 Å². The monoisotopic (exact) mass is 232 g/mol. The molecule has 0 N–H and O–H groups in total. The van der Waals surface area contributed by atoms with E-state index in [-0.39, 0.29) is 26.4 Å². The van der Waals surface area contributed by atoms with Gasteiger partial charge in [0, 0.05) is 0 Å². The summed E-state index contributed by atoms with van der Waals surface area (Å²) in [5.74, 6) is -1.93. The van der Waals surface area contributed by atoms with E-state index < -0.39 is 23.9 Å². The number of cyclic esters (lactones) is 4. The van der Waals surface area contributed by atoms with Crippen molar-refractivity contribution >= 4 is 23.9 Å². The molecule has 0 bridgehead atoms. The molecule has 16 heavy (non-hydrogen) atoms. The zero-order valence-electron chi connectivity index (χ0n) is 8.09. The van der Waals surface area contributed by atoms with Gasteiger partial charge < -0.3 is 18.9 Å². The normalized spacial score (nSPS) is 19.5. The van der Waals surface area contributed by atoms with Crippen LogP contribution < -0.4 is 0 Å². The highest BCUT2D eigenvalue weighted by molar-refractivity contribution is 5.83. The van der Waals surface area contributed by atoms with Gasteiger partial charge in [-0.25, -0.2) is 19.2 Å². The lowest BCUT2D eigenvalue weighted by atomic mass is 10.6. The molecule has 0 aromatic carbocycles. The molecule has 2 aliphatic heterocycles. The molecule has 88 valence electrons. The number of carbonyl (C=O) groups is 4. The topological polar surface area (TPSA) is 105 Å². The van der Waals surface area contributed by atoms with Crippen LogP contribution in [0.3, 0.4) is 0 Å². The summed E-state index contributed by atoms with van der Waals surface area (Å²) in [5, 5.41) is 0. The maximum absolute atomic E-state index is 10.1. The Morgan fingerprint density at radius 3 is 0.812 bits per heavy atom. The van der Waals surface area contributed by atoms with Crippen molar-refractivity contribution in [3.63, 3.8) is 0 Å². The van der Waals surface area contributed by atoms with Gasteiger partial charge in [-0.3, -0.25) is 0 Å². The van der Waals surface area contributed by atoms with Crippen molar-refractivity contribution in [1.82, 2.24) is 0 Å². The second kappa shape index (κ2) is 5.69. The summed E-state index contributed by atoms with van der Waals surface area (Å²) in [6.07, 6.45) is 0. The van der Waals surface area contributed by atoms with Crippen LogP contribution in [-0.2, 0) is 38.1 Å². The van der Waals surface area contributed by atoms with E-state index in [1.807, 2.05) is 0 Å². The molecule has 0 saturated carbocycles. The Morgan fingerprint density at radius 1 is 0.500 bits per heavy atom. The maximum Gasteiger partial charge on any atom is 0.344 e. The highest BCUT2D eigenvalue weighted by Gasteiger charge is 2.16. The van der Waals surface area contributed by atoms with Crippen LogP contribution in [0.4, 0.5) is 0 Å². The summed E-state index contributed by atoms with van der Waals surface area (Å²) < 4.78 is 17.1. The highest BCUT2D eigenvalue weighted by atomic mass is 16.6. The smallest absolute Gasteiger partial charge is 0.344 e. The van der Waals surface area contributed by atoms with E-state index in [1.165, 1.54) is 0 Å². The Morgan fingerprint density at radius 2 is 0.688 bits per heavy atom. The lowest BCUT2D eigenvalue weighted by molar-refractivity contribution is -0.174. The number of ether oxygens (including phenoxy) is 4. The van der Waals surface area contributed by atoms with Crippen LogP contribution in [0.15, 0.2) is 0 Å². The molecule has 8 nitrogen and oxygen atoms in total. The maximum atomic E-state index is 10.1. The molecule has 2 saturated heterocycles. The SMILES string of the molecule is O=C1COC(=O)CO1.O=C1COC(=O)CO1. The van der Waals surface area contributed by atoms with Crippen molar-refractivity contribution in [3.8, 4) is 0 Å². The molecule has 0 atom stereocenters. The van der Waals surface area contributed by atoms with Gasteiger partial charge in [0.15, 0.2) is 26.4 Å². The fourth-order valence-corrected chi connectivity index (χ4v) is 0.724. The van der Waals surface area contributed by atoms with Crippen molar-refractivity contribution < 1.29 is 38.1 Å². The zero-order valence-corrected chi connectivity index (χ0v) is 8.09. The molecule has 0 aromatic rings. The quantitative estimate of drug-likeness (QED) is 0.355. The summed E-state index contributed by atoms with van der Waals surface area (Å²) in [6, 6.07) is 0. The van der Waals surface area contributed by atoms with Gasteiger partial charge in [0.2, 0.25) is 0 Å². The fraction of sp³-hybridized carbons (Fsp3) is 0.500. The van der Waals surface area contributed by atoms with Crippen molar-refractivity contribution in [2.75, 3.05) is 26.4 Å². The first-order valence-electron chi connectivity index (χ1n) is 4.20. The van der Waals surface area contributed by atoms with E-state index in [9.17, 15) is 19.2 Å². The first-order valence-corrected chi connectivity index (χ1v) is 4.20.